The van der Waals surface area contributed by atoms with Crippen LogP contribution in [0.15, 0.2) is 4.52 Å². The number of rotatable bonds is 6. The van der Waals surface area contributed by atoms with E-state index in [1.807, 2.05) is 19.0 Å². The normalized spacial score (nSPS) is 23.1. The van der Waals surface area contributed by atoms with Crippen LogP contribution in [0.4, 0.5) is 5.95 Å². The Morgan fingerprint density at radius 2 is 2.35 bits per heavy atom. The van der Waals surface area contributed by atoms with E-state index in [9.17, 15) is 4.79 Å². The molecule has 0 aliphatic carbocycles. The first kappa shape index (κ1) is 14.7. The second-order valence-electron chi connectivity index (χ2n) is 5.24. The molecule has 1 aliphatic heterocycles. The van der Waals surface area contributed by atoms with E-state index in [0.717, 1.165) is 13.0 Å². The average Bonchev–Trinajstić information content (AvgIpc) is 2.99. The lowest BCUT2D eigenvalue weighted by Crippen LogP contribution is -2.56. The van der Waals surface area contributed by atoms with Crippen LogP contribution in [0.3, 0.4) is 0 Å². The van der Waals surface area contributed by atoms with Crippen LogP contribution in [0.5, 0.6) is 0 Å². The summed E-state index contributed by atoms with van der Waals surface area (Å²) >= 11 is 0. The van der Waals surface area contributed by atoms with E-state index in [4.69, 9.17) is 15.0 Å². The van der Waals surface area contributed by atoms with Gasteiger partial charge in [-0.1, -0.05) is 0 Å². The standard InChI is InChI=1S/C12H21N5O3/c1-16(2)11-14-9(20-15-11)7-17-6-4-5-12(17,8-19-3)10(13)18/h4-8H2,1-3H3,(H2,13,18). The summed E-state index contributed by atoms with van der Waals surface area (Å²) in [7, 11) is 5.24. The predicted molar refractivity (Wildman–Crippen MR) is 72.1 cm³/mol. The molecule has 8 nitrogen and oxygen atoms in total. The molecule has 0 bridgehead atoms. The number of aromatic nitrogens is 2. The van der Waals surface area contributed by atoms with Gasteiger partial charge in [0.05, 0.1) is 13.2 Å². The van der Waals surface area contributed by atoms with Gasteiger partial charge in [-0.25, -0.2) is 0 Å². The van der Waals surface area contributed by atoms with Crippen molar-refractivity contribution in [3.8, 4) is 0 Å². The third-order valence-electron chi connectivity index (χ3n) is 3.65. The predicted octanol–water partition coefficient (Wildman–Crippen LogP) is -0.398. The number of methoxy groups -OCH3 is 1. The van der Waals surface area contributed by atoms with E-state index < -0.39 is 5.54 Å². The van der Waals surface area contributed by atoms with E-state index in [1.165, 1.54) is 0 Å². The third kappa shape index (κ3) is 2.61. The second kappa shape index (κ2) is 5.76. The van der Waals surface area contributed by atoms with Gasteiger partial charge in [0.25, 0.3) is 5.95 Å². The maximum absolute atomic E-state index is 11.9. The molecule has 2 heterocycles. The van der Waals surface area contributed by atoms with Gasteiger partial charge in [0.1, 0.15) is 5.54 Å². The van der Waals surface area contributed by atoms with Crippen LogP contribution >= 0.6 is 0 Å². The molecule has 1 unspecified atom stereocenters. The number of hydrogen-bond donors (Lipinski definition) is 1. The summed E-state index contributed by atoms with van der Waals surface area (Å²) in [5.74, 6) is 0.608. The molecule has 0 radical (unpaired) electrons. The van der Waals surface area contributed by atoms with Crippen LogP contribution in [0.2, 0.25) is 0 Å². The molecular weight excluding hydrogens is 262 g/mol. The monoisotopic (exact) mass is 283 g/mol. The number of carbonyl (C=O) groups is 1. The number of nitrogens with zero attached hydrogens (tertiary/aromatic N) is 4. The first-order chi connectivity index (χ1) is 9.49. The Bertz CT molecular complexity index is 475. The minimum Gasteiger partial charge on any atom is -0.382 e. The Kier molecular flexibility index (Phi) is 4.24. The van der Waals surface area contributed by atoms with Crippen molar-refractivity contribution in [1.29, 1.82) is 0 Å². The highest BCUT2D eigenvalue weighted by atomic mass is 16.5. The zero-order chi connectivity index (χ0) is 14.8. The van der Waals surface area contributed by atoms with Gasteiger partial charge in [-0.3, -0.25) is 9.69 Å². The number of hydrogen-bond acceptors (Lipinski definition) is 7. The number of anilines is 1. The summed E-state index contributed by atoms with van der Waals surface area (Å²) in [6.07, 6.45) is 1.58. The van der Waals surface area contributed by atoms with Crippen molar-refractivity contribution in [3.63, 3.8) is 0 Å². The summed E-state index contributed by atoms with van der Waals surface area (Å²) in [6.45, 7) is 1.43. The fourth-order valence-electron chi connectivity index (χ4n) is 2.57. The van der Waals surface area contributed by atoms with Crippen molar-refractivity contribution in [3.05, 3.63) is 5.89 Å². The molecule has 2 N–H and O–H groups in total. The SMILES string of the molecule is COCC1(C(N)=O)CCCN1Cc1nc(N(C)C)no1. The lowest BCUT2D eigenvalue weighted by molar-refractivity contribution is -0.132. The van der Waals surface area contributed by atoms with Crippen LogP contribution in [-0.2, 0) is 16.1 Å². The Labute approximate surface area is 117 Å². The molecule has 2 rings (SSSR count). The molecule has 112 valence electrons. The van der Waals surface area contributed by atoms with Crippen molar-refractivity contribution in [2.45, 2.75) is 24.9 Å². The Hall–Kier alpha value is -1.67. The first-order valence-electron chi connectivity index (χ1n) is 6.53. The molecule has 8 heteroatoms. The molecule has 1 fully saturated rings. The first-order valence-corrected chi connectivity index (χ1v) is 6.53. The van der Waals surface area contributed by atoms with Crippen LogP contribution in [0, 0.1) is 0 Å². The van der Waals surface area contributed by atoms with Gasteiger partial charge < -0.3 is 19.9 Å². The molecule has 1 aliphatic rings. The van der Waals surface area contributed by atoms with Gasteiger partial charge in [0.15, 0.2) is 0 Å². The van der Waals surface area contributed by atoms with Crippen molar-refractivity contribution < 1.29 is 14.1 Å². The molecule has 1 amide bonds. The highest BCUT2D eigenvalue weighted by Gasteiger charge is 2.46. The molecule has 0 aromatic carbocycles. The van der Waals surface area contributed by atoms with Crippen LogP contribution in [-0.4, -0.2) is 60.8 Å². The van der Waals surface area contributed by atoms with Gasteiger partial charge in [-0.15, -0.1) is 0 Å². The molecular formula is C12H21N5O3. The minimum absolute atomic E-state index is 0.275. The van der Waals surface area contributed by atoms with E-state index in [-0.39, 0.29) is 12.5 Å². The highest BCUT2D eigenvalue weighted by molar-refractivity contribution is 5.85. The quantitative estimate of drug-likeness (QED) is 0.758. The van der Waals surface area contributed by atoms with Crippen molar-refractivity contribution in [1.82, 2.24) is 15.0 Å². The van der Waals surface area contributed by atoms with Crippen LogP contribution in [0.25, 0.3) is 0 Å². The maximum Gasteiger partial charge on any atom is 0.265 e. The number of carbonyl (C=O) groups excluding carboxylic acids is 1. The van der Waals surface area contributed by atoms with E-state index >= 15 is 0 Å². The lowest BCUT2D eigenvalue weighted by Gasteiger charge is -2.34. The zero-order valence-corrected chi connectivity index (χ0v) is 12.1. The zero-order valence-electron chi connectivity index (χ0n) is 12.1. The highest BCUT2D eigenvalue weighted by Crippen LogP contribution is 2.31. The van der Waals surface area contributed by atoms with Crippen molar-refractivity contribution in [2.75, 3.05) is 39.3 Å². The number of likely N-dealkylation sites (tertiary alicyclic amines) is 1. The van der Waals surface area contributed by atoms with Gasteiger partial charge in [0, 0.05) is 21.2 Å². The summed E-state index contributed by atoms with van der Waals surface area (Å²) in [6, 6.07) is 0. The van der Waals surface area contributed by atoms with E-state index in [2.05, 4.69) is 10.1 Å². The molecule has 1 aromatic heterocycles. The van der Waals surface area contributed by atoms with Gasteiger partial charge in [-0.05, 0) is 24.5 Å². The number of ether oxygens (including phenoxy) is 1. The van der Waals surface area contributed by atoms with Crippen molar-refractivity contribution >= 4 is 11.9 Å². The molecule has 1 aromatic rings. The second-order valence-corrected chi connectivity index (χ2v) is 5.24. The fraction of sp³-hybridized carbons (Fsp3) is 0.750. The maximum atomic E-state index is 11.9. The molecule has 20 heavy (non-hydrogen) atoms. The number of amides is 1. The lowest BCUT2D eigenvalue weighted by atomic mass is 9.96. The topological polar surface area (TPSA) is 97.7 Å². The molecule has 0 spiro atoms. The largest absolute Gasteiger partial charge is 0.382 e. The van der Waals surface area contributed by atoms with E-state index in [0.29, 0.717) is 24.8 Å². The summed E-state index contributed by atoms with van der Waals surface area (Å²) < 4.78 is 10.4. The van der Waals surface area contributed by atoms with Gasteiger partial charge in [-0.2, -0.15) is 4.98 Å². The number of primary amides is 1. The molecule has 0 saturated carbocycles. The number of nitrogens with two attached hydrogens (primary N) is 1. The molecule has 1 atom stereocenters. The Morgan fingerprint density at radius 3 is 2.90 bits per heavy atom. The van der Waals surface area contributed by atoms with Crippen LogP contribution in [0.1, 0.15) is 18.7 Å². The summed E-state index contributed by atoms with van der Waals surface area (Å²) in [4.78, 5) is 19.8. The van der Waals surface area contributed by atoms with Crippen LogP contribution < -0.4 is 10.6 Å². The van der Waals surface area contributed by atoms with Gasteiger partial charge >= 0.3 is 0 Å². The summed E-state index contributed by atoms with van der Waals surface area (Å²) in [5.41, 5.74) is 4.80. The third-order valence-corrected chi connectivity index (χ3v) is 3.65. The fourth-order valence-corrected chi connectivity index (χ4v) is 2.57. The van der Waals surface area contributed by atoms with Crippen molar-refractivity contribution in [2.24, 2.45) is 5.73 Å². The summed E-state index contributed by atoms with van der Waals surface area (Å²) in [5, 5.41) is 3.86. The average molecular weight is 283 g/mol. The Morgan fingerprint density at radius 1 is 1.60 bits per heavy atom. The van der Waals surface area contributed by atoms with Gasteiger partial charge in [0.2, 0.25) is 11.8 Å². The smallest absolute Gasteiger partial charge is 0.265 e. The minimum atomic E-state index is -0.776. The Balaban J connectivity index is 2.15. The van der Waals surface area contributed by atoms with E-state index in [1.54, 1.807) is 12.0 Å². The molecule has 1 saturated heterocycles.